The van der Waals surface area contributed by atoms with E-state index in [0.29, 0.717) is 0 Å². The van der Waals surface area contributed by atoms with Crippen LogP contribution < -0.4 is 4.90 Å². The fraction of sp³-hybridized carbons (Fsp3) is 0.0526. The normalized spacial score (nSPS) is 12.7. The van der Waals surface area contributed by atoms with E-state index in [0.717, 1.165) is 0 Å². The largest absolute Gasteiger partial charge is 0.343 e. The molecule has 0 atom stereocenters. The molecule has 1 aliphatic heterocycles. The van der Waals surface area contributed by atoms with Crippen molar-refractivity contribution in [2.75, 3.05) is 11.9 Å². The summed E-state index contributed by atoms with van der Waals surface area (Å²) in [6.07, 6.45) is 0. The molecule has 0 radical (unpaired) electrons. The Morgan fingerprint density at radius 3 is 2.24 bits per heavy atom. The van der Waals surface area contributed by atoms with Crippen molar-refractivity contribution in [1.29, 1.82) is 0 Å². The lowest BCUT2D eigenvalue weighted by molar-refractivity contribution is 1.11. The first kappa shape index (κ1) is 12.5. The molecule has 0 bridgehead atoms. The molecule has 4 rings (SSSR count). The Labute approximate surface area is 129 Å². The second-order valence-electron chi connectivity index (χ2n) is 5.18. The molecule has 0 amide bonds. The van der Waals surface area contributed by atoms with E-state index in [1.165, 1.54) is 32.3 Å². The van der Waals surface area contributed by atoms with Crippen LogP contribution in [0.25, 0.3) is 11.1 Å². The summed E-state index contributed by atoms with van der Waals surface area (Å²) in [5.74, 6) is 0. The van der Waals surface area contributed by atoms with Crippen molar-refractivity contribution in [3.05, 3.63) is 72.8 Å². The van der Waals surface area contributed by atoms with Crippen LogP contribution in [0.2, 0.25) is 0 Å². The van der Waals surface area contributed by atoms with Crippen molar-refractivity contribution in [2.45, 2.75) is 9.79 Å². The van der Waals surface area contributed by atoms with E-state index in [9.17, 15) is 0 Å². The Balaban J connectivity index is 1.83. The molecule has 3 aromatic carbocycles. The van der Waals surface area contributed by atoms with Crippen LogP contribution in [0.4, 0.5) is 11.4 Å². The minimum Gasteiger partial charge on any atom is -0.343 e. The molecule has 0 saturated heterocycles. The first-order valence-electron chi connectivity index (χ1n) is 7.03. The average Bonchev–Trinajstić information content (AvgIpc) is 2.56. The number of para-hydroxylation sites is 1. The van der Waals surface area contributed by atoms with E-state index in [4.69, 9.17) is 0 Å². The molecule has 102 valence electrons. The second kappa shape index (κ2) is 4.97. The molecule has 0 aliphatic carbocycles. The van der Waals surface area contributed by atoms with Crippen LogP contribution in [0.3, 0.4) is 0 Å². The maximum atomic E-state index is 2.29. The summed E-state index contributed by atoms with van der Waals surface area (Å²) in [5, 5.41) is 0. The van der Waals surface area contributed by atoms with Crippen LogP contribution in [0, 0.1) is 0 Å². The van der Waals surface area contributed by atoms with Crippen molar-refractivity contribution in [3.8, 4) is 11.1 Å². The highest BCUT2D eigenvalue weighted by Crippen LogP contribution is 2.48. The van der Waals surface area contributed by atoms with Gasteiger partial charge in [-0.05, 0) is 35.4 Å². The SMILES string of the molecule is CN1c2ccccc2Sc2ccc(-c3ccccc3)cc21. The number of fused-ring (bicyclic) bond motifs is 2. The van der Waals surface area contributed by atoms with Crippen LogP contribution in [-0.2, 0) is 0 Å². The Hall–Kier alpha value is -2.19. The lowest BCUT2D eigenvalue weighted by Gasteiger charge is -2.29. The third kappa shape index (κ3) is 2.12. The summed E-state index contributed by atoms with van der Waals surface area (Å²) in [6, 6.07) is 25.8. The Morgan fingerprint density at radius 1 is 0.667 bits per heavy atom. The van der Waals surface area contributed by atoms with Crippen molar-refractivity contribution < 1.29 is 0 Å². The van der Waals surface area contributed by atoms with Crippen LogP contribution >= 0.6 is 11.8 Å². The predicted molar refractivity (Wildman–Crippen MR) is 90.5 cm³/mol. The van der Waals surface area contributed by atoms with Crippen molar-refractivity contribution in [1.82, 2.24) is 0 Å². The van der Waals surface area contributed by atoms with E-state index in [2.05, 4.69) is 84.7 Å². The van der Waals surface area contributed by atoms with Crippen LogP contribution in [-0.4, -0.2) is 7.05 Å². The average molecular weight is 289 g/mol. The number of nitrogens with zero attached hydrogens (tertiary/aromatic N) is 1. The maximum Gasteiger partial charge on any atom is 0.0556 e. The van der Waals surface area contributed by atoms with E-state index in [-0.39, 0.29) is 0 Å². The molecule has 0 saturated carbocycles. The molecule has 0 spiro atoms. The van der Waals surface area contributed by atoms with Gasteiger partial charge in [-0.2, -0.15) is 0 Å². The zero-order chi connectivity index (χ0) is 14.2. The number of anilines is 2. The lowest BCUT2D eigenvalue weighted by Crippen LogP contribution is -2.14. The molecule has 2 heteroatoms. The summed E-state index contributed by atoms with van der Waals surface area (Å²) < 4.78 is 0. The molecule has 0 aromatic heterocycles. The molecule has 0 fully saturated rings. The molecular weight excluding hydrogens is 274 g/mol. The van der Waals surface area contributed by atoms with Crippen LogP contribution in [0.5, 0.6) is 0 Å². The van der Waals surface area contributed by atoms with Crippen molar-refractivity contribution >= 4 is 23.1 Å². The molecule has 1 nitrogen and oxygen atoms in total. The summed E-state index contributed by atoms with van der Waals surface area (Å²) in [5.41, 5.74) is 5.08. The summed E-state index contributed by atoms with van der Waals surface area (Å²) in [6.45, 7) is 0. The van der Waals surface area contributed by atoms with Gasteiger partial charge < -0.3 is 4.90 Å². The zero-order valence-electron chi connectivity index (χ0n) is 11.8. The molecule has 0 unspecified atom stereocenters. The van der Waals surface area contributed by atoms with Gasteiger partial charge >= 0.3 is 0 Å². The minimum absolute atomic E-state index is 1.26. The maximum absolute atomic E-state index is 2.29. The van der Waals surface area contributed by atoms with E-state index in [1.54, 1.807) is 0 Å². The smallest absolute Gasteiger partial charge is 0.0556 e. The predicted octanol–water partition coefficient (Wildman–Crippen LogP) is 5.59. The summed E-state index contributed by atoms with van der Waals surface area (Å²) >= 11 is 1.85. The van der Waals surface area contributed by atoms with Gasteiger partial charge in [-0.1, -0.05) is 60.3 Å². The first-order chi connectivity index (χ1) is 10.3. The van der Waals surface area contributed by atoms with Gasteiger partial charge in [0, 0.05) is 16.8 Å². The number of hydrogen-bond donors (Lipinski definition) is 0. The second-order valence-corrected chi connectivity index (χ2v) is 6.26. The quantitative estimate of drug-likeness (QED) is 0.575. The van der Waals surface area contributed by atoms with Gasteiger partial charge in [-0.15, -0.1) is 0 Å². The van der Waals surface area contributed by atoms with Gasteiger partial charge in [0.05, 0.1) is 11.4 Å². The topological polar surface area (TPSA) is 3.24 Å². The fourth-order valence-electron chi connectivity index (χ4n) is 2.74. The molecular formula is C19H15NS. The third-order valence-electron chi connectivity index (χ3n) is 3.87. The van der Waals surface area contributed by atoms with E-state index in [1.807, 2.05) is 11.8 Å². The highest BCUT2D eigenvalue weighted by atomic mass is 32.2. The number of benzene rings is 3. The standard InChI is InChI=1S/C19H15NS/c1-20-16-9-5-6-10-18(16)21-19-12-11-15(13-17(19)20)14-7-3-2-4-8-14/h2-13H,1H3. The number of hydrogen-bond acceptors (Lipinski definition) is 2. The van der Waals surface area contributed by atoms with Gasteiger partial charge in [-0.25, -0.2) is 0 Å². The Morgan fingerprint density at radius 2 is 1.38 bits per heavy atom. The van der Waals surface area contributed by atoms with Crippen molar-refractivity contribution in [2.24, 2.45) is 0 Å². The Bertz CT molecular complexity index is 796. The van der Waals surface area contributed by atoms with Crippen LogP contribution in [0.1, 0.15) is 0 Å². The highest BCUT2D eigenvalue weighted by molar-refractivity contribution is 7.99. The zero-order valence-corrected chi connectivity index (χ0v) is 12.6. The summed E-state index contributed by atoms with van der Waals surface area (Å²) in [7, 11) is 2.14. The van der Waals surface area contributed by atoms with E-state index >= 15 is 0 Å². The minimum atomic E-state index is 1.26. The molecule has 1 aliphatic rings. The molecule has 0 N–H and O–H groups in total. The third-order valence-corrected chi connectivity index (χ3v) is 5.00. The summed E-state index contributed by atoms with van der Waals surface area (Å²) in [4.78, 5) is 4.92. The lowest BCUT2D eigenvalue weighted by atomic mass is 10.0. The molecule has 21 heavy (non-hydrogen) atoms. The Kier molecular flexibility index (Phi) is 2.97. The monoisotopic (exact) mass is 289 g/mol. The van der Waals surface area contributed by atoms with Gasteiger partial charge in [0.25, 0.3) is 0 Å². The van der Waals surface area contributed by atoms with Gasteiger partial charge in [0.15, 0.2) is 0 Å². The van der Waals surface area contributed by atoms with Crippen LogP contribution in [0.15, 0.2) is 82.6 Å². The first-order valence-corrected chi connectivity index (χ1v) is 7.85. The molecule has 1 heterocycles. The highest BCUT2D eigenvalue weighted by Gasteiger charge is 2.20. The fourth-order valence-corrected chi connectivity index (χ4v) is 3.87. The molecule has 3 aromatic rings. The van der Waals surface area contributed by atoms with Crippen molar-refractivity contribution in [3.63, 3.8) is 0 Å². The van der Waals surface area contributed by atoms with Gasteiger partial charge in [0.2, 0.25) is 0 Å². The van der Waals surface area contributed by atoms with Gasteiger partial charge in [-0.3, -0.25) is 0 Å². The van der Waals surface area contributed by atoms with E-state index < -0.39 is 0 Å². The number of rotatable bonds is 1. The van der Waals surface area contributed by atoms with Gasteiger partial charge in [0.1, 0.15) is 0 Å².